The predicted molar refractivity (Wildman–Crippen MR) is 88.6 cm³/mol. The minimum Gasteiger partial charge on any atom is -0.493 e. The largest absolute Gasteiger partial charge is 0.493 e. The third-order valence-electron chi connectivity index (χ3n) is 3.77. The van der Waals surface area contributed by atoms with Crippen LogP contribution in [0.4, 0.5) is 0 Å². The molecule has 0 aliphatic heterocycles. The molecule has 0 radical (unpaired) electrons. The monoisotopic (exact) mass is 300 g/mol. The maximum absolute atomic E-state index is 5.35. The van der Waals surface area contributed by atoms with Crippen LogP contribution in [0, 0.1) is 6.92 Å². The fraction of sp³-hybridized carbons (Fsp3) is 0.389. The molecular formula is C18H24N2O2. The number of aryl methyl sites for hydroxylation is 1. The second-order valence-electron chi connectivity index (χ2n) is 5.44. The Hall–Kier alpha value is -2.07. The van der Waals surface area contributed by atoms with Crippen molar-refractivity contribution in [2.75, 3.05) is 27.8 Å². The Kier molecular flexibility index (Phi) is 5.78. The molecule has 4 nitrogen and oxygen atoms in total. The van der Waals surface area contributed by atoms with E-state index in [0.717, 1.165) is 36.7 Å². The number of methoxy groups -OCH3 is 2. The van der Waals surface area contributed by atoms with Gasteiger partial charge in [-0.2, -0.15) is 0 Å². The summed E-state index contributed by atoms with van der Waals surface area (Å²) in [5.41, 5.74) is 3.61. The van der Waals surface area contributed by atoms with E-state index in [1.54, 1.807) is 14.2 Å². The van der Waals surface area contributed by atoms with Gasteiger partial charge < -0.3 is 14.4 Å². The molecule has 0 fully saturated rings. The summed E-state index contributed by atoms with van der Waals surface area (Å²) in [6.07, 6.45) is 2.81. The highest BCUT2D eigenvalue weighted by Gasteiger charge is 2.07. The van der Waals surface area contributed by atoms with Gasteiger partial charge in [0.1, 0.15) is 0 Å². The third kappa shape index (κ3) is 4.21. The quantitative estimate of drug-likeness (QED) is 0.787. The Labute approximate surface area is 132 Å². The lowest BCUT2D eigenvalue weighted by Gasteiger charge is -2.17. The highest BCUT2D eigenvalue weighted by atomic mass is 16.5. The summed E-state index contributed by atoms with van der Waals surface area (Å²) < 4.78 is 10.6. The number of hydrogen-bond acceptors (Lipinski definition) is 4. The molecule has 1 aromatic carbocycles. The van der Waals surface area contributed by atoms with Crippen molar-refractivity contribution in [3.63, 3.8) is 0 Å². The van der Waals surface area contributed by atoms with Crippen LogP contribution < -0.4 is 9.47 Å². The Morgan fingerprint density at radius 3 is 2.55 bits per heavy atom. The van der Waals surface area contributed by atoms with Gasteiger partial charge in [-0.3, -0.25) is 4.98 Å². The van der Waals surface area contributed by atoms with Gasteiger partial charge in [-0.1, -0.05) is 12.1 Å². The van der Waals surface area contributed by atoms with E-state index in [1.165, 1.54) is 11.1 Å². The van der Waals surface area contributed by atoms with Crippen LogP contribution in [-0.4, -0.2) is 37.7 Å². The smallest absolute Gasteiger partial charge is 0.160 e. The molecule has 22 heavy (non-hydrogen) atoms. The fourth-order valence-corrected chi connectivity index (χ4v) is 2.37. The average Bonchev–Trinajstić information content (AvgIpc) is 2.54. The van der Waals surface area contributed by atoms with E-state index in [2.05, 4.69) is 36.0 Å². The van der Waals surface area contributed by atoms with E-state index < -0.39 is 0 Å². The van der Waals surface area contributed by atoms with E-state index in [9.17, 15) is 0 Å². The van der Waals surface area contributed by atoms with Crippen LogP contribution in [0.5, 0.6) is 11.5 Å². The molecule has 0 saturated carbocycles. The van der Waals surface area contributed by atoms with Gasteiger partial charge in [0.2, 0.25) is 0 Å². The molecular weight excluding hydrogens is 276 g/mol. The highest BCUT2D eigenvalue weighted by molar-refractivity contribution is 5.42. The number of hydrogen-bond donors (Lipinski definition) is 0. The van der Waals surface area contributed by atoms with Gasteiger partial charge in [-0.15, -0.1) is 0 Å². The van der Waals surface area contributed by atoms with Crippen LogP contribution in [0.1, 0.15) is 16.8 Å². The predicted octanol–water partition coefficient (Wildman–Crippen LogP) is 3.08. The first kappa shape index (κ1) is 16.3. The minimum atomic E-state index is 0.767. The number of nitrogens with zero attached hydrogens (tertiary/aromatic N) is 2. The van der Waals surface area contributed by atoms with Gasteiger partial charge in [0.05, 0.1) is 19.9 Å². The minimum absolute atomic E-state index is 0.767. The summed E-state index contributed by atoms with van der Waals surface area (Å²) in [7, 11) is 5.44. The highest BCUT2D eigenvalue weighted by Crippen LogP contribution is 2.27. The summed E-state index contributed by atoms with van der Waals surface area (Å²) >= 11 is 0. The molecule has 0 amide bonds. The zero-order chi connectivity index (χ0) is 15.9. The van der Waals surface area contributed by atoms with Crippen LogP contribution in [0.3, 0.4) is 0 Å². The summed E-state index contributed by atoms with van der Waals surface area (Å²) in [4.78, 5) is 6.73. The first-order valence-corrected chi connectivity index (χ1v) is 7.44. The second kappa shape index (κ2) is 7.80. The van der Waals surface area contributed by atoms with E-state index in [0.29, 0.717) is 0 Å². The molecule has 0 bridgehead atoms. The van der Waals surface area contributed by atoms with E-state index in [4.69, 9.17) is 9.47 Å². The third-order valence-corrected chi connectivity index (χ3v) is 3.77. The molecule has 4 heteroatoms. The van der Waals surface area contributed by atoms with E-state index in [-0.39, 0.29) is 0 Å². The van der Waals surface area contributed by atoms with Crippen molar-refractivity contribution in [1.82, 2.24) is 9.88 Å². The molecule has 0 unspecified atom stereocenters. The summed E-state index contributed by atoms with van der Waals surface area (Å²) in [6.45, 7) is 3.93. The maximum Gasteiger partial charge on any atom is 0.160 e. The van der Waals surface area contributed by atoms with Gasteiger partial charge in [-0.25, -0.2) is 0 Å². The molecule has 0 aliphatic carbocycles. The van der Waals surface area contributed by atoms with Crippen LogP contribution >= 0.6 is 0 Å². The van der Waals surface area contributed by atoms with Crippen LogP contribution in [0.2, 0.25) is 0 Å². The van der Waals surface area contributed by atoms with Gasteiger partial charge in [0, 0.05) is 19.3 Å². The number of pyridine rings is 1. The maximum atomic E-state index is 5.35. The Bertz CT molecular complexity index is 614. The van der Waals surface area contributed by atoms with Gasteiger partial charge in [0.15, 0.2) is 11.5 Å². The number of benzene rings is 1. The number of aromatic nitrogens is 1. The lowest BCUT2D eigenvalue weighted by Crippen LogP contribution is -2.21. The van der Waals surface area contributed by atoms with E-state index in [1.807, 2.05) is 24.4 Å². The molecule has 0 saturated heterocycles. The molecule has 1 aromatic heterocycles. The van der Waals surface area contributed by atoms with Crippen molar-refractivity contribution in [3.05, 3.63) is 53.3 Å². The van der Waals surface area contributed by atoms with Crippen molar-refractivity contribution in [2.45, 2.75) is 19.9 Å². The summed E-state index contributed by atoms with van der Waals surface area (Å²) in [5.74, 6) is 1.55. The summed E-state index contributed by atoms with van der Waals surface area (Å²) in [5, 5.41) is 0. The van der Waals surface area contributed by atoms with Crippen molar-refractivity contribution < 1.29 is 9.47 Å². The average molecular weight is 300 g/mol. The van der Waals surface area contributed by atoms with Crippen molar-refractivity contribution in [2.24, 2.45) is 0 Å². The zero-order valence-electron chi connectivity index (χ0n) is 13.8. The zero-order valence-corrected chi connectivity index (χ0v) is 13.8. The van der Waals surface area contributed by atoms with E-state index >= 15 is 0 Å². The molecule has 2 rings (SSSR count). The van der Waals surface area contributed by atoms with Crippen LogP contribution in [0.15, 0.2) is 36.5 Å². The van der Waals surface area contributed by atoms with Crippen molar-refractivity contribution in [3.8, 4) is 11.5 Å². The second-order valence-corrected chi connectivity index (χ2v) is 5.44. The van der Waals surface area contributed by atoms with Crippen molar-refractivity contribution >= 4 is 0 Å². The van der Waals surface area contributed by atoms with Crippen molar-refractivity contribution in [1.29, 1.82) is 0 Å². The number of likely N-dealkylation sites (N-methyl/N-ethyl adjacent to an activating group) is 1. The normalized spacial score (nSPS) is 10.8. The van der Waals surface area contributed by atoms with Crippen LogP contribution in [0.25, 0.3) is 0 Å². The van der Waals surface area contributed by atoms with Gasteiger partial charge in [0.25, 0.3) is 0 Å². The van der Waals surface area contributed by atoms with Gasteiger partial charge >= 0.3 is 0 Å². The Balaban J connectivity index is 1.93. The molecule has 0 N–H and O–H groups in total. The Morgan fingerprint density at radius 2 is 1.86 bits per heavy atom. The first-order valence-electron chi connectivity index (χ1n) is 7.44. The van der Waals surface area contributed by atoms with Gasteiger partial charge in [-0.05, 0) is 49.7 Å². The lowest BCUT2D eigenvalue weighted by atomic mass is 10.1. The SMILES string of the molecule is COc1ccc(CCN(C)Cc2ncccc2C)cc1OC. The summed E-state index contributed by atoms with van der Waals surface area (Å²) in [6, 6.07) is 10.2. The first-order chi connectivity index (χ1) is 10.6. The molecule has 1 heterocycles. The molecule has 118 valence electrons. The molecule has 0 spiro atoms. The molecule has 0 atom stereocenters. The Morgan fingerprint density at radius 1 is 1.09 bits per heavy atom. The standard InChI is InChI=1S/C18H24N2O2/c1-14-6-5-10-19-16(14)13-20(2)11-9-15-7-8-17(21-3)18(12-15)22-4/h5-8,10,12H,9,11,13H2,1-4H3. The van der Waals surface area contributed by atoms with Crippen LogP contribution in [-0.2, 0) is 13.0 Å². The topological polar surface area (TPSA) is 34.6 Å². The molecule has 2 aromatic rings. The lowest BCUT2D eigenvalue weighted by molar-refractivity contribution is 0.325. The number of ether oxygens (including phenoxy) is 2. The fourth-order valence-electron chi connectivity index (χ4n) is 2.37. The molecule has 0 aliphatic rings. The number of rotatable bonds is 7.